The van der Waals surface area contributed by atoms with Gasteiger partial charge in [-0.15, -0.1) is 0 Å². The first-order valence-corrected chi connectivity index (χ1v) is 8.03. The minimum atomic E-state index is -0.732. The van der Waals surface area contributed by atoms with Crippen LogP contribution in [0.1, 0.15) is 46.5 Å². The lowest BCUT2D eigenvalue weighted by Crippen LogP contribution is -2.35. The number of aliphatic hydroxyl groups excluding tert-OH is 2. The summed E-state index contributed by atoms with van der Waals surface area (Å²) in [5.74, 6) is 0.369. The first kappa shape index (κ1) is 15.0. The Balaban J connectivity index is 2.16. The smallest absolute Gasteiger partial charge is 0.167 e. The number of rotatable bonds is 3. The molecule has 0 heterocycles. The Morgan fingerprint density at radius 3 is 2.48 bits per heavy atom. The molecule has 3 unspecified atom stereocenters. The maximum atomic E-state index is 12.9. The average molecular weight is 290 g/mol. The molecule has 3 rings (SSSR count). The van der Waals surface area contributed by atoms with Crippen LogP contribution in [0.3, 0.4) is 0 Å². The van der Waals surface area contributed by atoms with E-state index < -0.39 is 11.5 Å². The molecule has 0 bridgehead atoms. The summed E-state index contributed by atoms with van der Waals surface area (Å²) < 4.78 is 0. The molecule has 0 aromatic heterocycles. The zero-order valence-electron chi connectivity index (χ0n) is 13.3. The normalized spacial score (nSPS) is 37.6. The van der Waals surface area contributed by atoms with Crippen molar-refractivity contribution in [2.45, 2.75) is 52.6 Å². The van der Waals surface area contributed by atoms with E-state index in [-0.39, 0.29) is 23.7 Å². The maximum absolute atomic E-state index is 12.9. The van der Waals surface area contributed by atoms with Crippen molar-refractivity contribution in [1.82, 2.24) is 0 Å². The van der Waals surface area contributed by atoms with E-state index in [4.69, 9.17) is 0 Å². The van der Waals surface area contributed by atoms with Crippen molar-refractivity contribution in [3.05, 3.63) is 23.3 Å². The zero-order valence-corrected chi connectivity index (χ0v) is 13.3. The molecule has 0 amide bonds. The van der Waals surface area contributed by atoms with Crippen LogP contribution in [0.5, 0.6) is 0 Å². The number of fused-ring (bicyclic) bond motifs is 1. The van der Waals surface area contributed by atoms with E-state index in [1.165, 1.54) is 5.57 Å². The summed E-state index contributed by atoms with van der Waals surface area (Å²) in [4.78, 5) is 12.9. The van der Waals surface area contributed by atoms with Crippen molar-refractivity contribution >= 4 is 5.78 Å². The van der Waals surface area contributed by atoms with Gasteiger partial charge in [0.25, 0.3) is 0 Å². The SMILES string of the molecule is C=C1C(O)C2CC(C)(CO)C(=O)C2=C(CC(C)C)C12CC2. The molecule has 0 saturated heterocycles. The van der Waals surface area contributed by atoms with Crippen molar-refractivity contribution in [2.24, 2.45) is 22.7 Å². The summed E-state index contributed by atoms with van der Waals surface area (Å²) in [7, 11) is 0. The summed E-state index contributed by atoms with van der Waals surface area (Å²) >= 11 is 0. The van der Waals surface area contributed by atoms with E-state index in [0.717, 1.165) is 30.4 Å². The van der Waals surface area contributed by atoms with E-state index in [2.05, 4.69) is 20.4 Å². The van der Waals surface area contributed by atoms with Crippen LogP contribution in [0, 0.1) is 22.7 Å². The summed E-state index contributed by atoms with van der Waals surface area (Å²) in [6, 6.07) is 0. The number of aliphatic hydroxyl groups is 2. The zero-order chi connectivity index (χ0) is 15.6. The molecule has 3 nitrogen and oxygen atoms in total. The van der Waals surface area contributed by atoms with Crippen LogP contribution in [0.4, 0.5) is 0 Å². The molecule has 0 aliphatic heterocycles. The summed E-state index contributed by atoms with van der Waals surface area (Å²) in [5, 5.41) is 20.3. The van der Waals surface area contributed by atoms with Gasteiger partial charge in [-0.05, 0) is 37.2 Å². The topological polar surface area (TPSA) is 57.5 Å². The minimum Gasteiger partial charge on any atom is -0.395 e. The van der Waals surface area contributed by atoms with Crippen molar-refractivity contribution in [2.75, 3.05) is 6.61 Å². The summed E-state index contributed by atoms with van der Waals surface area (Å²) in [6.45, 7) is 10.2. The highest BCUT2D eigenvalue weighted by atomic mass is 16.3. The van der Waals surface area contributed by atoms with E-state index in [1.54, 1.807) is 0 Å². The molecule has 21 heavy (non-hydrogen) atoms. The van der Waals surface area contributed by atoms with Crippen LogP contribution in [0.25, 0.3) is 0 Å². The van der Waals surface area contributed by atoms with Gasteiger partial charge >= 0.3 is 0 Å². The lowest BCUT2D eigenvalue weighted by molar-refractivity contribution is -0.124. The molecule has 3 aliphatic carbocycles. The second-order valence-corrected chi connectivity index (χ2v) is 7.90. The highest BCUT2D eigenvalue weighted by Gasteiger charge is 2.61. The van der Waals surface area contributed by atoms with Crippen molar-refractivity contribution in [3.63, 3.8) is 0 Å². The number of ketones is 1. The Kier molecular flexibility index (Phi) is 3.23. The first-order chi connectivity index (χ1) is 9.77. The summed E-state index contributed by atoms with van der Waals surface area (Å²) in [6.07, 6.45) is 2.81. The van der Waals surface area contributed by atoms with Gasteiger partial charge in [-0.1, -0.05) is 32.9 Å². The predicted octanol–water partition coefficient (Wildman–Crippen LogP) is 2.63. The first-order valence-electron chi connectivity index (χ1n) is 8.03. The molecule has 116 valence electrons. The van der Waals surface area contributed by atoms with E-state index >= 15 is 0 Å². The van der Waals surface area contributed by atoms with Gasteiger partial charge in [0.2, 0.25) is 0 Å². The molecule has 1 spiro atoms. The Hall–Kier alpha value is -0.930. The summed E-state index contributed by atoms with van der Waals surface area (Å²) in [5.41, 5.74) is 2.11. The van der Waals surface area contributed by atoms with Crippen molar-refractivity contribution in [3.8, 4) is 0 Å². The molecule has 0 aromatic rings. The highest BCUT2D eigenvalue weighted by molar-refractivity contribution is 6.04. The predicted molar refractivity (Wildman–Crippen MR) is 81.6 cm³/mol. The Labute approximate surface area is 126 Å². The minimum absolute atomic E-state index is 0.0588. The van der Waals surface area contributed by atoms with Crippen LogP contribution in [-0.2, 0) is 4.79 Å². The monoisotopic (exact) mass is 290 g/mol. The van der Waals surface area contributed by atoms with E-state index in [0.29, 0.717) is 12.3 Å². The van der Waals surface area contributed by atoms with Crippen molar-refractivity contribution in [1.29, 1.82) is 0 Å². The molecule has 2 N–H and O–H groups in total. The third-order valence-electron chi connectivity index (χ3n) is 5.80. The fourth-order valence-corrected chi connectivity index (χ4v) is 4.38. The molecule has 3 aliphatic rings. The van der Waals surface area contributed by atoms with Crippen LogP contribution in [0.2, 0.25) is 0 Å². The van der Waals surface area contributed by atoms with Crippen LogP contribution in [-0.4, -0.2) is 28.7 Å². The Morgan fingerprint density at radius 2 is 2.00 bits per heavy atom. The third-order valence-corrected chi connectivity index (χ3v) is 5.80. The van der Waals surface area contributed by atoms with Crippen LogP contribution in [0.15, 0.2) is 23.3 Å². The number of carbonyl (C=O) groups excluding carboxylic acids is 1. The number of carbonyl (C=O) groups is 1. The van der Waals surface area contributed by atoms with Gasteiger partial charge in [-0.2, -0.15) is 0 Å². The average Bonchev–Trinajstić information content (AvgIpc) is 3.18. The molecule has 3 atom stereocenters. The van der Waals surface area contributed by atoms with Gasteiger partial charge in [-0.3, -0.25) is 4.79 Å². The molecule has 0 aromatic carbocycles. The number of hydrogen-bond donors (Lipinski definition) is 2. The fourth-order valence-electron chi connectivity index (χ4n) is 4.38. The van der Waals surface area contributed by atoms with Crippen LogP contribution < -0.4 is 0 Å². The molecule has 2 fully saturated rings. The lowest BCUT2D eigenvalue weighted by Gasteiger charge is -2.37. The van der Waals surface area contributed by atoms with Gasteiger partial charge in [0, 0.05) is 16.9 Å². The maximum Gasteiger partial charge on any atom is 0.167 e. The number of allylic oxidation sites excluding steroid dienone is 1. The highest BCUT2D eigenvalue weighted by Crippen LogP contribution is 2.66. The second-order valence-electron chi connectivity index (χ2n) is 7.90. The quantitative estimate of drug-likeness (QED) is 0.786. The van der Waals surface area contributed by atoms with Gasteiger partial charge < -0.3 is 10.2 Å². The Morgan fingerprint density at radius 1 is 1.38 bits per heavy atom. The fraction of sp³-hybridized carbons (Fsp3) is 0.722. The third kappa shape index (κ3) is 1.90. The van der Waals surface area contributed by atoms with Crippen LogP contribution >= 0.6 is 0 Å². The van der Waals surface area contributed by atoms with Gasteiger partial charge in [0.15, 0.2) is 5.78 Å². The van der Waals surface area contributed by atoms with Gasteiger partial charge in [-0.25, -0.2) is 0 Å². The molecule has 2 saturated carbocycles. The molecular weight excluding hydrogens is 264 g/mol. The molecule has 0 radical (unpaired) electrons. The van der Waals surface area contributed by atoms with Gasteiger partial charge in [0.1, 0.15) is 0 Å². The van der Waals surface area contributed by atoms with Gasteiger partial charge in [0.05, 0.1) is 18.1 Å². The lowest BCUT2D eigenvalue weighted by atomic mass is 9.69. The Bertz CT molecular complexity index is 539. The number of Topliss-reactive ketones (excluding diaryl/α,β-unsaturated/α-hetero) is 1. The van der Waals surface area contributed by atoms with E-state index in [9.17, 15) is 15.0 Å². The largest absolute Gasteiger partial charge is 0.395 e. The number of hydrogen-bond acceptors (Lipinski definition) is 3. The molecule has 3 heteroatoms. The molecular formula is C18H26O3. The standard InChI is InChI=1S/C18H26O3/c1-10(2)7-13-14-12(8-17(4,9-19)16(14)21)15(20)11(3)18(13)5-6-18/h10,12,15,19-20H,3,5-9H2,1-2,4H3. The van der Waals surface area contributed by atoms with E-state index in [1.807, 2.05) is 6.92 Å². The van der Waals surface area contributed by atoms with Crippen molar-refractivity contribution < 1.29 is 15.0 Å². The second kappa shape index (κ2) is 4.53.